The second-order valence-corrected chi connectivity index (χ2v) is 6.97. The van der Waals surface area contributed by atoms with Crippen LogP contribution in [0.25, 0.3) is 0 Å². The quantitative estimate of drug-likeness (QED) is 0.596. The van der Waals surface area contributed by atoms with Gasteiger partial charge in [0.1, 0.15) is 0 Å². The first-order chi connectivity index (χ1) is 10.5. The average molecular weight is 312 g/mol. The van der Waals surface area contributed by atoms with E-state index in [2.05, 4.69) is 41.0 Å². The van der Waals surface area contributed by atoms with E-state index >= 15 is 0 Å². The summed E-state index contributed by atoms with van der Waals surface area (Å²) in [6.45, 7) is 11.9. The number of nitrogens with zero attached hydrogens (tertiary/aromatic N) is 3. The molecule has 2 heterocycles. The fraction of sp³-hybridized carbons (Fsp3) is 0.938. The highest BCUT2D eigenvalue weighted by molar-refractivity contribution is 5.79. The molecule has 0 aromatic rings. The van der Waals surface area contributed by atoms with Crippen molar-refractivity contribution in [2.45, 2.75) is 25.9 Å². The first-order valence-corrected chi connectivity index (χ1v) is 8.36. The molecule has 2 fully saturated rings. The Hall–Kier alpha value is -0.850. The predicted octanol–water partition coefficient (Wildman–Crippen LogP) is 0.641. The second kappa shape index (κ2) is 8.13. The molecule has 22 heavy (non-hydrogen) atoms. The van der Waals surface area contributed by atoms with Crippen LogP contribution in [0.5, 0.6) is 0 Å². The lowest BCUT2D eigenvalue weighted by atomic mass is 10.1. The fourth-order valence-corrected chi connectivity index (χ4v) is 3.22. The molecule has 2 aliphatic heterocycles. The van der Waals surface area contributed by atoms with Gasteiger partial charge in [-0.1, -0.05) is 0 Å². The average Bonchev–Trinajstić information content (AvgIpc) is 2.95. The van der Waals surface area contributed by atoms with Crippen LogP contribution in [0.2, 0.25) is 0 Å². The molecule has 0 bridgehead atoms. The van der Waals surface area contributed by atoms with Crippen LogP contribution < -0.4 is 5.32 Å². The standard InChI is InChI=1S/C16H32N4O2/c1-16(2)13-20(8-10-22-16)7-6-18-15(17-3)19(4)11-14-5-9-21-12-14/h14H,5-13H2,1-4H3,(H,17,18). The van der Waals surface area contributed by atoms with Crippen molar-refractivity contribution in [1.29, 1.82) is 0 Å². The number of guanidine groups is 1. The van der Waals surface area contributed by atoms with Crippen LogP contribution in [0.15, 0.2) is 4.99 Å². The van der Waals surface area contributed by atoms with Gasteiger partial charge in [-0.3, -0.25) is 9.89 Å². The van der Waals surface area contributed by atoms with Crippen molar-refractivity contribution < 1.29 is 9.47 Å². The van der Waals surface area contributed by atoms with Crippen molar-refractivity contribution >= 4 is 5.96 Å². The molecule has 0 aliphatic carbocycles. The van der Waals surface area contributed by atoms with Gasteiger partial charge in [-0.15, -0.1) is 0 Å². The molecule has 0 aromatic heterocycles. The summed E-state index contributed by atoms with van der Waals surface area (Å²) in [4.78, 5) is 9.05. The van der Waals surface area contributed by atoms with Crippen LogP contribution in [-0.2, 0) is 9.47 Å². The van der Waals surface area contributed by atoms with Gasteiger partial charge in [0.25, 0.3) is 0 Å². The summed E-state index contributed by atoms with van der Waals surface area (Å²) >= 11 is 0. The minimum atomic E-state index is -0.0286. The van der Waals surface area contributed by atoms with Crippen LogP contribution in [0, 0.1) is 5.92 Å². The summed E-state index contributed by atoms with van der Waals surface area (Å²) in [5.41, 5.74) is -0.0286. The molecular weight excluding hydrogens is 280 g/mol. The Kier molecular flexibility index (Phi) is 6.47. The van der Waals surface area contributed by atoms with Crippen LogP contribution in [0.1, 0.15) is 20.3 Å². The third-order valence-corrected chi connectivity index (χ3v) is 4.35. The van der Waals surface area contributed by atoms with Crippen molar-refractivity contribution in [3.05, 3.63) is 0 Å². The zero-order valence-corrected chi connectivity index (χ0v) is 14.6. The van der Waals surface area contributed by atoms with E-state index in [4.69, 9.17) is 9.47 Å². The third-order valence-electron chi connectivity index (χ3n) is 4.35. The Labute approximate surface area is 134 Å². The van der Waals surface area contributed by atoms with Crippen molar-refractivity contribution in [3.8, 4) is 0 Å². The summed E-state index contributed by atoms with van der Waals surface area (Å²) in [5.74, 6) is 1.60. The molecular formula is C16H32N4O2. The highest BCUT2D eigenvalue weighted by Crippen LogP contribution is 2.16. The van der Waals surface area contributed by atoms with Crippen molar-refractivity contribution in [2.75, 3.05) is 66.6 Å². The SMILES string of the molecule is CN=C(NCCN1CCOC(C)(C)C1)N(C)CC1CCOC1. The first-order valence-electron chi connectivity index (χ1n) is 8.36. The molecule has 2 rings (SSSR count). The Morgan fingerprint density at radius 2 is 2.23 bits per heavy atom. The summed E-state index contributed by atoms with van der Waals surface area (Å²) in [5, 5.41) is 3.47. The number of morpholine rings is 1. The molecule has 0 radical (unpaired) electrons. The first kappa shape index (κ1) is 17.5. The van der Waals surface area contributed by atoms with E-state index < -0.39 is 0 Å². The Morgan fingerprint density at radius 1 is 1.41 bits per heavy atom. The van der Waals surface area contributed by atoms with Crippen LogP contribution in [0.3, 0.4) is 0 Å². The second-order valence-electron chi connectivity index (χ2n) is 6.97. The smallest absolute Gasteiger partial charge is 0.193 e. The molecule has 2 saturated heterocycles. The van der Waals surface area contributed by atoms with Crippen molar-refractivity contribution in [1.82, 2.24) is 15.1 Å². The number of rotatable bonds is 5. The number of aliphatic imine (C=N–C) groups is 1. The summed E-state index contributed by atoms with van der Waals surface area (Å²) in [7, 11) is 3.95. The highest BCUT2D eigenvalue weighted by Gasteiger charge is 2.26. The van der Waals surface area contributed by atoms with Crippen molar-refractivity contribution in [3.63, 3.8) is 0 Å². The monoisotopic (exact) mass is 312 g/mol. The molecule has 6 nitrogen and oxygen atoms in total. The molecule has 1 unspecified atom stereocenters. The third kappa shape index (κ3) is 5.41. The van der Waals surface area contributed by atoms with Gasteiger partial charge < -0.3 is 19.7 Å². The Morgan fingerprint density at radius 3 is 2.86 bits per heavy atom. The van der Waals surface area contributed by atoms with Gasteiger partial charge in [0.05, 0.1) is 18.8 Å². The van der Waals surface area contributed by atoms with Crippen LogP contribution >= 0.6 is 0 Å². The van der Waals surface area contributed by atoms with Gasteiger partial charge in [0.2, 0.25) is 0 Å². The molecule has 0 spiro atoms. The van der Waals surface area contributed by atoms with Gasteiger partial charge in [0, 0.05) is 59.3 Å². The Bertz CT molecular complexity index is 367. The van der Waals surface area contributed by atoms with E-state index in [1.165, 1.54) is 0 Å². The summed E-state index contributed by atoms with van der Waals surface area (Å²) in [6.07, 6.45) is 1.16. The topological polar surface area (TPSA) is 49.3 Å². The van der Waals surface area contributed by atoms with E-state index in [0.29, 0.717) is 5.92 Å². The Balaban J connectivity index is 1.69. The lowest BCUT2D eigenvalue weighted by Gasteiger charge is -2.38. The largest absolute Gasteiger partial charge is 0.381 e. The molecule has 6 heteroatoms. The van der Waals surface area contributed by atoms with Gasteiger partial charge in [-0.25, -0.2) is 0 Å². The maximum atomic E-state index is 5.75. The van der Waals surface area contributed by atoms with E-state index in [-0.39, 0.29) is 5.60 Å². The van der Waals surface area contributed by atoms with E-state index in [9.17, 15) is 0 Å². The minimum Gasteiger partial charge on any atom is -0.381 e. The molecule has 2 aliphatic rings. The van der Waals surface area contributed by atoms with Crippen molar-refractivity contribution in [2.24, 2.45) is 10.9 Å². The molecule has 0 aromatic carbocycles. The maximum absolute atomic E-state index is 5.75. The van der Waals surface area contributed by atoms with Gasteiger partial charge in [0.15, 0.2) is 5.96 Å². The zero-order chi connectivity index (χ0) is 16.0. The normalized spacial score (nSPS) is 26.2. The van der Waals surface area contributed by atoms with Gasteiger partial charge >= 0.3 is 0 Å². The van der Waals surface area contributed by atoms with E-state index in [0.717, 1.165) is 64.9 Å². The number of hydrogen-bond donors (Lipinski definition) is 1. The summed E-state index contributed by atoms with van der Waals surface area (Å²) in [6, 6.07) is 0. The summed E-state index contributed by atoms with van der Waals surface area (Å²) < 4.78 is 11.2. The molecule has 0 amide bonds. The molecule has 1 N–H and O–H groups in total. The lowest BCUT2D eigenvalue weighted by molar-refractivity contribution is -0.0852. The fourth-order valence-electron chi connectivity index (χ4n) is 3.22. The molecule has 128 valence electrons. The maximum Gasteiger partial charge on any atom is 0.193 e. The van der Waals surface area contributed by atoms with Gasteiger partial charge in [-0.05, 0) is 20.3 Å². The zero-order valence-electron chi connectivity index (χ0n) is 14.6. The van der Waals surface area contributed by atoms with E-state index in [1.54, 1.807) is 0 Å². The molecule has 1 atom stereocenters. The van der Waals surface area contributed by atoms with E-state index in [1.807, 2.05) is 7.05 Å². The van der Waals surface area contributed by atoms with Crippen LogP contribution in [-0.4, -0.2) is 88.0 Å². The predicted molar refractivity (Wildman–Crippen MR) is 89.4 cm³/mol. The number of hydrogen-bond acceptors (Lipinski definition) is 4. The number of ether oxygens (including phenoxy) is 2. The highest BCUT2D eigenvalue weighted by atomic mass is 16.5. The van der Waals surface area contributed by atoms with Gasteiger partial charge in [-0.2, -0.15) is 0 Å². The number of nitrogens with one attached hydrogen (secondary N) is 1. The minimum absolute atomic E-state index is 0.0286. The van der Waals surface area contributed by atoms with Crippen LogP contribution in [0.4, 0.5) is 0 Å². The lowest BCUT2D eigenvalue weighted by Crippen LogP contribution is -2.51. The molecule has 0 saturated carbocycles.